The molecular formula is C56H76N4O10. The van der Waals surface area contributed by atoms with Gasteiger partial charge in [0.05, 0.1) is 77.6 Å². The molecule has 1 saturated heterocycles. The second-order valence-electron chi connectivity index (χ2n) is 17.5. The van der Waals surface area contributed by atoms with Crippen LogP contribution in [0.5, 0.6) is 11.5 Å². The Morgan fingerprint density at radius 3 is 1.07 bits per heavy atom. The number of carbonyl (C=O) groups excluding carboxylic acids is 2. The van der Waals surface area contributed by atoms with E-state index >= 15 is 0 Å². The highest BCUT2D eigenvalue weighted by Gasteiger charge is 2.29. The Kier molecular flexibility index (Phi) is 27.5. The minimum Gasteiger partial charge on any atom is -0.490 e. The van der Waals surface area contributed by atoms with Crippen LogP contribution in [0.3, 0.4) is 0 Å². The van der Waals surface area contributed by atoms with E-state index in [2.05, 4.69) is 33.1 Å². The maximum absolute atomic E-state index is 11.0. The van der Waals surface area contributed by atoms with Crippen LogP contribution in [-0.2, 0) is 51.2 Å². The van der Waals surface area contributed by atoms with Crippen molar-refractivity contribution in [1.82, 2.24) is 19.9 Å². The van der Waals surface area contributed by atoms with Crippen molar-refractivity contribution >= 4 is 11.9 Å². The monoisotopic (exact) mass is 965 g/mol. The van der Waals surface area contributed by atoms with Gasteiger partial charge in [-0.3, -0.25) is 0 Å². The topological polar surface area (TPSA) is 160 Å². The lowest BCUT2D eigenvalue weighted by Gasteiger charge is -2.31. The lowest BCUT2D eigenvalue weighted by molar-refractivity contribution is -0.326. The van der Waals surface area contributed by atoms with E-state index in [-0.39, 0.29) is 11.9 Å². The Bertz CT molecular complexity index is 1890. The van der Waals surface area contributed by atoms with Crippen LogP contribution in [0.4, 0.5) is 0 Å². The van der Waals surface area contributed by atoms with Crippen molar-refractivity contribution in [2.45, 2.75) is 154 Å². The molecule has 1 aliphatic rings. The van der Waals surface area contributed by atoms with Gasteiger partial charge in [-0.25, -0.2) is 29.5 Å². The van der Waals surface area contributed by atoms with Crippen LogP contribution in [0.15, 0.2) is 98.6 Å². The number of benzene rings is 2. The summed E-state index contributed by atoms with van der Waals surface area (Å²) >= 11 is 0. The summed E-state index contributed by atoms with van der Waals surface area (Å²) in [6.45, 7) is 10.6. The van der Waals surface area contributed by atoms with Gasteiger partial charge >= 0.3 is 11.9 Å². The summed E-state index contributed by atoms with van der Waals surface area (Å²) in [5.74, 6) is 1.92. The number of rotatable bonds is 38. The van der Waals surface area contributed by atoms with E-state index in [0.29, 0.717) is 76.0 Å². The normalized spacial score (nSPS) is 14.5. The largest absolute Gasteiger partial charge is 0.490 e. The number of nitrogens with zero attached hydrogens (tertiary/aromatic N) is 4. The molecule has 0 unspecified atom stereocenters. The fourth-order valence-electron chi connectivity index (χ4n) is 7.76. The molecule has 0 radical (unpaired) electrons. The number of unbranched alkanes of at least 4 members (excludes halogenated alkanes) is 18. The molecule has 0 bridgehead atoms. The molecular weight excluding hydrogens is 889 g/mol. The molecule has 4 aromatic rings. The average molecular weight is 965 g/mol. The third kappa shape index (κ3) is 22.9. The molecule has 2 atom stereocenters. The molecule has 380 valence electrons. The highest BCUT2D eigenvalue weighted by atomic mass is 16.8. The van der Waals surface area contributed by atoms with Gasteiger partial charge in [0.1, 0.15) is 0 Å². The summed E-state index contributed by atoms with van der Waals surface area (Å²) in [6.07, 6.45) is 31.1. The molecule has 2 aromatic carbocycles. The minimum atomic E-state index is -0.672. The second kappa shape index (κ2) is 34.7. The third-order valence-electron chi connectivity index (χ3n) is 11.8. The van der Waals surface area contributed by atoms with Crippen molar-refractivity contribution in [2.24, 2.45) is 0 Å². The number of hydrogen-bond donors (Lipinski definition) is 0. The molecule has 2 aromatic heterocycles. The standard InChI is InChI=1S/C56H76N4O10/c1-3-51(61)65-35-23-19-15-11-7-5-9-13-17-21-33-63-49-39-57-53(58-40-49)47-29-25-45(26-30-47)43-69-55-56(68-38-37-67-55)70-44-46-27-31-48(32-28-46)54-59-41-50(42-60-54)64-34-22-18-14-10-6-8-12-16-20-24-36-66-52(62)4-2/h3-4,25-32,39-42,55-56H,1-2,5-24,33-38,43-44H2/t55-,56-/m1/s1. The van der Waals surface area contributed by atoms with Gasteiger partial charge in [0, 0.05) is 23.3 Å². The first-order valence-electron chi connectivity index (χ1n) is 25.6. The van der Waals surface area contributed by atoms with E-state index < -0.39 is 12.6 Å². The summed E-state index contributed by atoms with van der Waals surface area (Å²) in [6, 6.07) is 15.9. The van der Waals surface area contributed by atoms with Gasteiger partial charge in [-0.2, -0.15) is 0 Å². The van der Waals surface area contributed by atoms with Gasteiger partial charge in [0.25, 0.3) is 0 Å². The Morgan fingerprint density at radius 2 is 0.757 bits per heavy atom. The van der Waals surface area contributed by atoms with Gasteiger partial charge in [-0.05, 0) is 36.8 Å². The van der Waals surface area contributed by atoms with Crippen LogP contribution < -0.4 is 9.47 Å². The van der Waals surface area contributed by atoms with Gasteiger partial charge in [-0.15, -0.1) is 0 Å². The van der Waals surface area contributed by atoms with Crippen molar-refractivity contribution in [3.8, 4) is 34.3 Å². The third-order valence-corrected chi connectivity index (χ3v) is 11.8. The summed E-state index contributed by atoms with van der Waals surface area (Å²) in [4.78, 5) is 40.2. The van der Waals surface area contributed by atoms with E-state index in [0.717, 1.165) is 73.6 Å². The van der Waals surface area contributed by atoms with Crippen molar-refractivity contribution in [2.75, 3.05) is 39.6 Å². The van der Waals surface area contributed by atoms with Crippen molar-refractivity contribution in [3.63, 3.8) is 0 Å². The molecule has 0 aliphatic carbocycles. The van der Waals surface area contributed by atoms with Crippen LogP contribution >= 0.6 is 0 Å². The fourth-order valence-corrected chi connectivity index (χ4v) is 7.76. The summed E-state index contributed by atoms with van der Waals surface area (Å²) in [5, 5.41) is 0. The summed E-state index contributed by atoms with van der Waals surface area (Å²) in [5.41, 5.74) is 3.75. The lowest BCUT2D eigenvalue weighted by Crippen LogP contribution is -2.41. The SMILES string of the molecule is C=CC(=O)OCCCCCCCCCCCCOc1cnc(-c2ccc(CO[C@H]3OCCO[C@@H]3OCc3ccc(-c4ncc(OCCCCCCCCCCCCOC(=O)C=C)cn4)cc3)cc2)nc1. The van der Waals surface area contributed by atoms with Gasteiger partial charge < -0.3 is 37.9 Å². The Labute approximate surface area is 415 Å². The number of esters is 2. The van der Waals surface area contributed by atoms with E-state index in [1.807, 2.05) is 48.5 Å². The van der Waals surface area contributed by atoms with E-state index in [1.165, 1.54) is 89.2 Å². The van der Waals surface area contributed by atoms with E-state index in [1.54, 1.807) is 24.8 Å². The van der Waals surface area contributed by atoms with E-state index in [9.17, 15) is 9.59 Å². The van der Waals surface area contributed by atoms with Gasteiger partial charge in [0.15, 0.2) is 23.1 Å². The van der Waals surface area contributed by atoms with Crippen molar-refractivity contribution in [1.29, 1.82) is 0 Å². The maximum atomic E-state index is 11.0. The molecule has 3 heterocycles. The molecule has 1 fully saturated rings. The van der Waals surface area contributed by atoms with Crippen molar-refractivity contribution < 1.29 is 47.5 Å². The molecule has 0 saturated carbocycles. The molecule has 0 spiro atoms. The van der Waals surface area contributed by atoms with Crippen LogP contribution in [0.2, 0.25) is 0 Å². The molecule has 14 heteroatoms. The van der Waals surface area contributed by atoms with E-state index in [4.69, 9.17) is 37.9 Å². The zero-order valence-electron chi connectivity index (χ0n) is 41.3. The fraction of sp³-hybridized carbons (Fsp3) is 0.536. The predicted molar refractivity (Wildman–Crippen MR) is 270 cm³/mol. The van der Waals surface area contributed by atoms with Gasteiger partial charge in [-0.1, -0.05) is 164 Å². The molecule has 0 N–H and O–H groups in total. The summed E-state index contributed by atoms with van der Waals surface area (Å²) < 4.78 is 45.9. The first-order valence-corrected chi connectivity index (χ1v) is 25.6. The zero-order chi connectivity index (χ0) is 49.1. The van der Waals surface area contributed by atoms with Crippen LogP contribution in [0.1, 0.15) is 140 Å². The summed E-state index contributed by atoms with van der Waals surface area (Å²) in [7, 11) is 0. The van der Waals surface area contributed by atoms with Crippen LogP contribution in [0.25, 0.3) is 22.8 Å². The molecule has 14 nitrogen and oxygen atoms in total. The quantitative estimate of drug-likeness (QED) is 0.0237. The Hall–Kier alpha value is -5.54. The second-order valence-corrected chi connectivity index (χ2v) is 17.5. The van der Waals surface area contributed by atoms with Crippen LogP contribution in [0, 0.1) is 0 Å². The molecule has 70 heavy (non-hydrogen) atoms. The molecule has 1 aliphatic heterocycles. The molecule has 0 amide bonds. The first-order chi connectivity index (χ1) is 34.5. The number of carbonyl (C=O) groups is 2. The zero-order valence-corrected chi connectivity index (χ0v) is 41.3. The smallest absolute Gasteiger partial charge is 0.330 e. The molecule has 5 rings (SSSR count). The average Bonchev–Trinajstić information content (AvgIpc) is 3.40. The number of hydrogen-bond acceptors (Lipinski definition) is 14. The minimum absolute atomic E-state index is 0.321. The Balaban J connectivity index is 0.889. The Morgan fingerprint density at radius 1 is 0.457 bits per heavy atom. The maximum Gasteiger partial charge on any atom is 0.330 e. The highest BCUT2D eigenvalue weighted by molar-refractivity contribution is 5.81. The number of aromatic nitrogens is 4. The highest BCUT2D eigenvalue weighted by Crippen LogP contribution is 2.23. The first kappa shape index (κ1) is 55.4. The van der Waals surface area contributed by atoms with Crippen molar-refractivity contribution in [3.05, 3.63) is 110 Å². The van der Waals surface area contributed by atoms with Crippen LogP contribution in [-0.4, -0.2) is 84.1 Å². The predicted octanol–water partition coefficient (Wildman–Crippen LogP) is 12.1. The lowest BCUT2D eigenvalue weighted by atomic mass is 10.1. The number of ether oxygens (including phenoxy) is 8. The van der Waals surface area contributed by atoms with Gasteiger partial charge in [0.2, 0.25) is 12.6 Å².